The van der Waals surface area contributed by atoms with Crippen LogP contribution in [0.2, 0.25) is 0 Å². The number of hydrogen-bond acceptors (Lipinski definition) is 3. The van der Waals surface area contributed by atoms with E-state index in [2.05, 4.69) is 0 Å². The van der Waals surface area contributed by atoms with Gasteiger partial charge in [0.1, 0.15) is 5.75 Å². The molecule has 1 rings (SSSR count). The van der Waals surface area contributed by atoms with Gasteiger partial charge in [-0.15, -0.1) is 0 Å². The fourth-order valence-corrected chi connectivity index (χ4v) is 2.27. The van der Waals surface area contributed by atoms with Crippen molar-refractivity contribution in [1.29, 1.82) is 0 Å². The van der Waals surface area contributed by atoms with Crippen LogP contribution in [0.5, 0.6) is 0 Å². The second kappa shape index (κ2) is 3.79. The summed E-state index contributed by atoms with van der Waals surface area (Å²) in [5, 5.41) is 0. The second-order valence-corrected chi connectivity index (χ2v) is 5.03. The van der Waals surface area contributed by atoms with Gasteiger partial charge in [0.2, 0.25) is 5.91 Å². The van der Waals surface area contributed by atoms with Crippen LogP contribution in [-0.4, -0.2) is 20.1 Å². The average Bonchev–Trinajstić information content (AvgIpc) is 2.01. The molecule has 1 amide bonds. The summed E-state index contributed by atoms with van der Waals surface area (Å²) in [5.74, 6) is -1.48. The van der Waals surface area contributed by atoms with E-state index in [1.54, 1.807) is 19.1 Å². The lowest BCUT2D eigenvalue weighted by atomic mass is 10.2. The Morgan fingerprint density at radius 3 is 2.57 bits per heavy atom. The van der Waals surface area contributed by atoms with Crippen molar-refractivity contribution < 1.29 is 13.2 Å². The third-order valence-electron chi connectivity index (χ3n) is 1.68. The van der Waals surface area contributed by atoms with Crippen LogP contribution in [0.15, 0.2) is 29.2 Å². The van der Waals surface area contributed by atoms with Gasteiger partial charge in [0.25, 0.3) is 0 Å². The molecule has 0 spiro atoms. The Hall–Kier alpha value is -1.36. The molecule has 2 N–H and O–H groups in total. The largest absolute Gasteiger partial charge is 0.369 e. The van der Waals surface area contributed by atoms with E-state index in [9.17, 15) is 13.2 Å². The number of nitrogens with two attached hydrogens (primary N) is 1. The first kappa shape index (κ1) is 10.7. The Labute approximate surface area is 82.7 Å². The summed E-state index contributed by atoms with van der Waals surface area (Å²) in [4.78, 5) is 10.7. The molecule has 0 aliphatic heterocycles. The number of hydrogen-bond donors (Lipinski definition) is 1. The van der Waals surface area contributed by atoms with Crippen LogP contribution in [-0.2, 0) is 14.6 Å². The molecule has 0 aliphatic carbocycles. The number of aryl methyl sites for hydroxylation is 1. The molecule has 5 heteroatoms. The maximum absolute atomic E-state index is 11.5. The molecule has 0 saturated carbocycles. The lowest BCUT2D eigenvalue weighted by molar-refractivity contribution is -0.115. The van der Waals surface area contributed by atoms with Gasteiger partial charge >= 0.3 is 0 Å². The number of carbonyl (C=O) groups excluding carboxylic acids is 1. The zero-order chi connectivity index (χ0) is 10.8. The van der Waals surface area contributed by atoms with Crippen LogP contribution >= 0.6 is 0 Å². The molecule has 0 bridgehead atoms. The minimum atomic E-state index is -3.56. The monoisotopic (exact) mass is 213 g/mol. The number of benzene rings is 1. The Morgan fingerprint density at radius 1 is 1.43 bits per heavy atom. The summed E-state index contributed by atoms with van der Waals surface area (Å²) in [5.41, 5.74) is 5.67. The lowest BCUT2D eigenvalue weighted by Crippen LogP contribution is -2.23. The summed E-state index contributed by atoms with van der Waals surface area (Å²) >= 11 is 0. The number of rotatable bonds is 3. The standard InChI is InChI=1S/C9H11NO3S/c1-7-3-2-4-8(5-7)14(12,13)6-9(10)11/h2-5H,6H2,1H3,(H2,10,11). The molecular formula is C9H11NO3S. The number of sulfone groups is 1. The number of carbonyl (C=O) groups is 1. The van der Waals surface area contributed by atoms with Crippen LogP contribution in [0.1, 0.15) is 5.56 Å². The van der Waals surface area contributed by atoms with Crippen molar-refractivity contribution in [1.82, 2.24) is 0 Å². The van der Waals surface area contributed by atoms with Gasteiger partial charge in [-0.2, -0.15) is 0 Å². The topological polar surface area (TPSA) is 77.2 Å². The highest BCUT2D eigenvalue weighted by Crippen LogP contribution is 2.12. The van der Waals surface area contributed by atoms with E-state index in [1.165, 1.54) is 12.1 Å². The highest BCUT2D eigenvalue weighted by Gasteiger charge is 2.16. The zero-order valence-electron chi connectivity index (χ0n) is 7.73. The van der Waals surface area contributed by atoms with Gasteiger partial charge in [0, 0.05) is 0 Å². The first-order valence-electron chi connectivity index (χ1n) is 3.99. The molecular weight excluding hydrogens is 202 g/mol. The van der Waals surface area contributed by atoms with E-state index < -0.39 is 21.5 Å². The van der Waals surface area contributed by atoms with E-state index in [4.69, 9.17) is 5.73 Å². The molecule has 0 heterocycles. The summed E-state index contributed by atoms with van der Waals surface area (Å²) in [6, 6.07) is 6.37. The molecule has 4 nitrogen and oxygen atoms in total. The van der Waals surface area contributed by atoms with Gasteiger partial charge in [-0.3, -0.25) is 4.79 Å². The molecule has 0 atom stereocenters. The maximum Gasteiger partial charge on any atom is 0.233 e. The normalized spacial score (nSPS) is 11.2. The van der Waals surface area contributed by atoms with Crippen molar-refractivity contribution in [2.24, 2.45) is 5.73 Å². The van der Waals surface area contributed by atoms with Crippen LogP contribution in [0.4, 0.5) is 0 Å². The second-order valence-electron chi connectivity index (χ2n) is 3.04. The van der Waals surface area contributed by atoms with Gasteiger partial charge in [0.05, 0.1) is 4.90 Å². The van der Waals surface area contributed by atoms with E-state index in [0.29, 0.717) is 0 Å². The smallest absolute Gasteiger partial charge is 0.233 e. The van der Waals surface area contributed by atoms with E-state index >= 15 is 0 Å². The first-order chi connectivity index (χ1) is 6.42. The third-order valence-corrected chi connectivity index (χ3v) is 3.32. The van der Waals surface area contributed by atoms with Gasteiger partial charge in [-0.1, -0.05) is 12.1 Å². The molecule has 0 fully saturated rings. The summed E-state index contributed by atoms with van der Waals surface area (Å²) in [7, 11) is -3.56. The minimum absolute atomic E-state index is 0.135. The van der Waals surface area contributed by atoms with Crippen molar-refractivity contribution >= 4 is 15.7 Å². The fourth-order valence-electron chi connectivity index (χ4n) is 1.08. The van der Waals surface area contributed by atoms with Gasteiger partial charge in [0.15, 0.2) is 9.84 Å². The van der Waals surface area contributed by atoms with Crippen molar-refractivity contribution in [3.63, 3.8) is 0 Å². The van der Waals surface area contributed by atoms with Gasteiger partial charge in [-0.05, 0) is 24.6 Å². The Morgan fingerprint density at radius 2 is 2.07 bits per heavy atom. The Kier molecular flexibility index (Phi) is 2.90. The molecule has 14 heavy (non-hydrogen) atoms. The summed E-state index contributed by atoms with van der Waals surface area (Å²) in [6.45, 7) is 1.78. The average molecular weight is 213 g/mol. The molecule has 1 aromatic rings. The SMILES string of the molecule is Cc1cccc(S(=O)(=O)CC(N)=O)c1. The number of primary amides is 1. The predicted molar refractivity (Wildman–Crippen MR) is 52.4 cm³/mol. The Bertz CT molecular complexity index is 451. The van der Waals surface area contributed by atoms with Crippen molar-refractivity contribution in [2.75, 3.05) is 5.75 Å². The summed E-state index contributed by atoms with van der Waals surface area (Å²) < 4.78 is 23.0. The predicted octanol–water partition coefficient (Wildman–Crippen LogP) is 0.254. The lowest BCUT2D eigenvalue weighted by Gasteiger charge is -2.02. The minimum Gasteiger partial charge on any atom is -0.369 e. The van der Waals surface area contributed by atoms with Gasteiger partial charge < -0.3 is 5.73 Å². The van der Waals surface area contributed by atoms with Crippen molar-refractivity contribution in [3.05, 3.63) is 29.8 Å². The summed E-state index contributed by atoms with van der Waals surface area (Å²) in [6.07, 6.45) is 0. The quantitative estimate of drug-likeness (QED) is 0.782. The van der Waals surface area contributed by atoms with Gasteiger partial charge in [-0.25, -0.2) is 8.42 Å². The maximum atomic E-state index is 11.5. The van der Waals surface area contributed by atoms with E-state index in [-0.39, 0.29) is 4.90 Å². The third kappa shape index (κ3) is 2.56. The van der Waals surface area contributed by atoms with E-state index in [0.717, 1.165) is 5.56 Å². The van der Waals surface area contributed by atoms with Crippen LogP contribution < -0.4 is 5.73 Å². The molecule has 0 unspecified atom stereocenters. The van der Waals surface area contributed by atoms with Crippen molar-refractivity contribution in [2.45, 2.75) is 11.8 Å². The molecule has 76 valence electrons. The van der Waals surface area contributed by atoms with Crippen molar-refractivity contribution in [3.8, 4) is 0 Å². The van der Waals surface area contributed by atoms with Crippen LogP contribution in [0.3, 0.4) is 0 Å². The fraction of sp³-hybridized carbons (Fsp3) is 0.222. The molecule has 0 radical (unpaired) electrons. The highest BCUT2D eigenvalue weighted by atomic mass is 32.2. The molecule has 1 aromatic carbocycles. The van der Waals surface area contributed by atoms with Crippen LogP contribution in [0, 0.1) is 6.92 Å². The van der Waals surface area contributed by atoms with E-state index in [1.807, 2.05) is 0 Å². The zero-order valence-corrected chi connectivity index (χ0v) is 8.54. The first-order valence-corrected chi connectivity index (χ1v) is 5.65. The number of amides is 1. The highest BCUT2D eigenvalue weighted by molar-refractivity contribution is 7.92. The molecule has 0 saturated heterocycles. The molecule has 0 aliphatic rings. The Balaban J connectivity index is 3.11. The molecule has 0 aromatic heterocycles. The van der Waals surface area contributed by atoms with Crippen LogP contribution in [0.25, 0.3) is 0 Å².